The molecule has 1 aliphatic rings. The van der Waals surface area contributed by atoms with Gasteiger partial charge in [0.25, 0.3) is 0 Å². The molecule has 0 unspecified atom stereocenters. The van der Waals surface area contributed by atoms with Crippen molar-refractivity contribution in [1.29, 1.82) is 0 Å². The van der Waals surface area contributed by atoms with E-state index in [0.29, 0.717) is 5.13 Å². The standard InChI is InChI=1S/C21H27N7OS/c1-5-22-16-11-10-13(12-23-16)17-14-8-7-9-15-19(18(14)28(6-2)26-17)30-20(24-15)25-21(29)27(3)4/h10-12H,5-9H2,1-4H3,(H,22,23)(H,24,25,29). The summed E-state index contributed by atoms with van der Waals surface area (Å²) in [6, 6.07) is 3.91. The number of anilines is 2. The molecule has 0 fully saturated rings. The number of aromatic nitrogens is 4. The summed E-state index contributed by atoms with van der Waals surface area (Å²) in [6.07, 6.45) is 4.72. The number of hydrogen-bond acceptors (Lipinski definition) is 6. The number of amides is 2. The smallest absolute Gasteiger partial charge is 0.323 e. The lowest BCUT2D eigenvalue weighted by Gasteiger charge is -2.09. The molecule has 1 aliphatic carbocycles. The molecule has 2 N–H and O–H groups in total. The van der Waals surface area contributed by atoms with Crippen molar-refractivity contribution in [3.63, 3.8) is 0 Å². The Kier molecular flexibility index (Phi) is 5.72. The second-order valence-corrected chi connectivity index (χ2v) is 8.43. The van der Waals surface area contributed by atoms with E-state index in [1.807, 2.05) is 12.3 Å². The molecule has 4 rings (SSSR count). The topological polar surface area (TPSA) is 88.0 Å². The highest BCUT2D eigenvalue weighted by atomic mass is 32.1. The third-order valence-corrected chi connectivity index (χ3v) is 6.14. The van der Waals surface area contributed by atoms with Gasteiger partial charge in [0.2, 0.25) is 0 Å². The van der Waals surface area contributed by atoms with Crippen LogP contribution in [0.5, 0.6) is 0 Å². The van der Waals surface area contributed by atoms with Crippen molar-refractivity contribution in [2.45, 2.75) is 39.7 Å². The zero-order valence-electron chi connectivity index (χ0n) is 17.8. The zero-order valence-corrected chi connectivity index (χ0v) is 18.6. The average molecular weight is 426 g/mol. The average Bonchev–Trinajstić information content (AvgIpc) is 3.25. The molecule has 0 spiro atoms. The fraction of sp³-hybridized carbons (Fsp3) is 0.429. The molecule has 0 saturated carbocycles. The summed E-state index contributed by atoms with van der Waals surface area (Å²) in [7, 11) is 3.44. The van der Waals surface area contributed by atoms with E-state index in [1.54, 1.807) is 14.1 Å². The Bertz CT molecular complexity index is 1050. The van der Waals surface area contributed by atoms with Gasteiger partial charge in [-0.25, -0.2) is 14.8 Å². The summed E-state index contributed by atoms with van der Waals surface area (Å²) in [5.74, 6) is 0.869. The third-order valence-electron chi connectivity index (χ3n) is 5.12. The fourth-order valence-electron chi connectivity index (χ4n) is 3.67. The molecule has 3 aromatic heterocycles. The number of nitrogens with one attached hydrogen (secondary N) is 2. The molecule has 30 heavy (non-hydrogen) atoms. The number of urea groups is 1. The molecule has 158 valence electrons. The lowest BCUT2D eigenvalue weighted by atomic mass is 10.0. The van der Waals surface area contributed by atoms with Crippen LogP contribution in [0.2, 0.25) is 0 Å². The molecular weight excluding hydrogens is 398 g/mol. The fourth-order valence-corrected chi connectivity index (χ4v) is 4.74. The molecular formula is C21H27N7OS. The summed E-state index contributed by atoms with van der Waals surface area (Å²) in [4.78, 5) is 23.9. The summed E-state index contributed by atoms with van der Waals surface area (Å²) >= 11 is 1.53. The number of fused-ring (bicyclic) bond motifs is 3. The van der Waals surface area contributed by atoms with Crippen LogP contribution in [0.15, 0.2) is 18.3 Å². The third kappa shape index (κ3) is 3.77. The molecule has 9 heteroatoms. The summed E-state index contributed by atoms with van der Waals surface area (Å²) in [5, 5.41) is 11.7. The maximum Gasteiger partial charge on any atom is 0.323 e. The van der Waals surface area contributed by atoms with Crippen molar-refractivity contribution in [2.75, 3.05) is 31.3 Å². The second kappa shape index (κ2) is 8.43. The van der Waals surface area contributed by atoms with Gasteiger partial charge < -0.3 is 10.2 Å². The Morgan fingerprint density at radius 1 is 1.27 bits per heavy atom. The molecule has 0 bridgehead atoms. The predicted molar refractivity (Wildman–Crippen MR) is 121 cm³/mol. The van der Waals surface area contributed by atoms with E-state index in [4.69, 9.17) is 10.1 Å². The van der Waals surface area contributed by atoms with Crippen LogP contribution in [-0.2, 0) is 19.4 Å². The first-order chi connectivity index (χ1) is 14.5. The summed E-state index contributed by atoms with van der Waals surface area (Å²) in [5.41, 5.74) is 5.41. The van der Waals surface area contributed by atoms with Gasteiger partial charge in [0.15, 0.2) is 5.13 Å². The van der Waals surface area contributed by atoms with Gasteiger partial charge in [-0.2, -0.15) is 5.10 Å². The summed E-state index contributed by atoms with van der Waals surface area (Å²) in [6.45, 7) is 5.76. The lowest BCUT2D eigenvalue weighted by molar-refractivity contribution is 0.230. The maximum atomic E-state index is 12.1. The molecule has 0 atom stereocenters. The van der Waals surface area contributed by atoms with E-state index in [2.05, 4.69) is 40.2 Å². The highest BCUT2D eigenvalue weighted by molar-refractivity contribution is 7.19. The number of aryl methyl sites for hydroxylation is 2. The second-order valence-electron chi connectivity index (χ2n) is 7.43. The minimum absolute atomic E-state index is 0.171. The van der Waals surface area contributed by atoms with Crippen LogP contribution >= 0.6 is 11.3 Å². The Hall–Kier alpha value is -2.94. The van der Waals surface area contributed by atoms with Crippen molar-refractivity contribution >= 4 is 28.3 Å². The number of carbonyl (C=O) groups is 1. The van der Waals surface area contributed by atoms with E-state index in [9.17, 15) is 4.79 Å². The van der Waals surface area contributed by atoms with E-state index in [-0.39, 0.29) is 6.03 Å². The van der Waals surface area contributed by atoms with Crippen LogP contribution in [0.3, 0.4) is 0 Å². The maximum absolute atomic E-state index is 12.1. The Morgan fingerprint density at radius 3 is 2.77 bits per heavy atom. The minimum atomic E-state index is -0.171. The van der Waals surface area contributed by atoms with Gasteiger partial charge in [0, 0.05) is 44.5 Å². The van der Waals surface area contributed by atoms with Gasteiger partial charge in [-0.1, -0.05) is 11.3 Å². The number of hydrogen-bond donors (Lipinski definition) is 2. The normalized spacial score (nSPS) is 12.7. The van der Waals surface area contributed by atoms with E-state index in [0.717, 1.165) is 65.7 Å². The lowest BCUT2D eigenvalue weighted by Crippen LogP contribution is -2.27. The highest BCUT2D eigenvalue weighted by Crippen LogP contribution is 2.42. The molecule has 0 radical (unpaired) electrons. The van der Waals surface area contributed by atoms with E-state index in [1.165, 1.54) is 21.8 Å². The van der Waals surface area contributed by atoms with E-state index >= 15 is 0 Å². The first kappa shape index (κ1) is 20.3. The van der Waals surface area contributed by atoms with Crippen LogP contribution in [0, 0.1) is 0 Å². The molecule has 2 amide bonds. The van der Waals surface area contributed by atoms with Gasteiger partial charge >= 0.3 is 6.03 Å². The van der Waals surface area contributed by atoms with Crippen LogP contribution in [0.1, 0.15) is 31.5 Å². The number of nitrogens with zero attached hydrogens (tertiary/aromatic N) is 5. The molecule has 0 aromatic carbocycles. The van der Waals surface area contributed by atoms with Crippen molar-refractivity contribution in [2.24, 2.45) is 0 Å². The van der Waals surface area contributed by atoms with Crippen molar-refractivity contribution in [3.05, 3.63) is 29.6 Å². The van der Waals surface area contributed by atoms with Crippen LogP contribution in [-0.4, -0.2) is 51.3 Å². The van der Waals surface area contributed by atoms with Gasteiger partial charge in [-0.15, -0.1) is 0 Å². The Balaban J connectivity index is 1.76. The molecule has 3 heterocycles. The largest absolute Gasteiger partial charge is 0.370 e. The van der Waals surface area contributed by atoms with Crippen molar-refractivity contribution < 1.29 is 4.79 Å². The Morgan fingerprint density at radius 2 is 2.10 bits per heavy atom. The van der Waals surface area contributed by atoms with E-state index < -0.39 is 0 Å². The van der Waals surface area contributed by atoms with Gasteiger partial charge in [0.05, 0.1) is 22.0 Å². The number of carbonyl (C=O) groups excluding carboxylic acids is 1. The van der Waals surface area contributed by atoms with Crippen LogP contribution < -0.4 is 10.6 Å². The predicted octanol–water partition coefficient (Wildman–Crippen LogP) is 4.10. The van der Waals surface area contributed by atoms with Crippen LogP contribution in [0.25, 0.3) is 21.8 Å². The SMILES string of the molecule is CCNc1ccc(-c2nn(CC)c3c2CCCc2nc(NC(=O)N(C)C)sc2-3)cn1. The number of thiazole rings is 1. The Labute approximate surface area is 180 Å². The quantitative estimate of drug-likeness (QED) is 0.642. The monoisotopic (exact) mass is 425 g/mol. The van der Waals surface area contributed by atoms with Crippen molar-refractivity contribution in [1.82, 2.24) is 24.6 Å². The first-order valence-corrected chi connectivity index (χ1v) is 11.1. The first-order valence-electron chi connectivity index (χ1n) is 10.3. The molecule has 0 aliphatic heterocycles. The number of pyridine rings is 1. The number of rotatable bonds is 5. The van der Waals surface area contributed by atoms with Gasteiger partial charge in [0.1, 0.15) is 5.82 Å². The minimum Gasteiger partial charge on any atom is -0.370 e. The van der Waals surface area contributed by atoms with Crippen molar-refractivity contribution in [3.8, 4) is 21.8 Å². The highest BCUT2D eigenvalue weighted by Gasteiger charge is 2.27. The molecule has 3 aromatic rings. The zero-order chi connectivity index (χ0) is 21.3. The van der Waals surface area contributed by atoms with Gasteiger partial charge in [-0.05, 0) is 45.2 Å². The van der Waals surface area contributed by atoms with Gasteiger partial charge in [-0.3, -0.25) is 10.00 Å². The van der Waals surface area contributed by atoms with Crippen LogP contribution in [0.4, 0.5) is 15.7 Å². The summed E-state index contributed by atoms with van der Waals surface area (Å²) < 4.78 is 2.06. The molecule has 0 saturated heterocycles. The molecule has 8 nitrogen and oxygen atoms in total.